The fourth-order valence-corrected chi connectivity index (χ4v) is 2.19. The highest BCUT2D eigenvalue weighted by Crippen LogP contribution is 2.22. The minimum absolute atomic E-state index is 0.253. The molecule has 2 aromatic rings. The zero-order chi connectivity index (χ0) is 16.7. The molecular formula is C17H17ClN2O3. The van der Waals surface area contributed by atoms with Gasteiger partial charge in [0.25, 0.3) is 5.91 Å². The van der Waals surface area contributed by atoms with Crippen molar-refractivity contribution in [1.29, 1.82) is 0 Å². The summed E-state index contributed by atoms with van der Waals surface area (Å²) in [6.07, 6.45) is 0.875. The van der Waals surface area contributed by atoms with E-state index in [4.69, 9.17) is 16.3 Å². The topological polar surface area (TPSA) is 67.4 Å². The summed E-state index contributed by atoms with van der Waals surface area (Å²) in [7, 11) is 1.46. The van der Waals surface area contributed by atoms with E-state index in [0.717, 1.165) is 5.56 Å². The Morgan fingerprint density at radius 3 is 2.52 bits per heavy atom. The van der Waals surface area contributed by atoms with Crippen molar-refractivity contribution in [2.45, 2.75) is 12.8 Å². The smallest absolute Gasteiger partial charge is 0.273 e. The molecule has 2 amide bonds. The Balaban J connectivity index is 1.86. The van der Waals surface area contributed by atoms with Crippen LogP contribution >= 0.6 is 11.6 Å². The summed E-state index contributed by atoms with van der Waals surface area (Å²) in [5.41, 5.74) is 6.06. The van der Waals surface area contributed by atoms with Gasteiger partial charge in [-0.2, -0.15) is 0 Å². The molecule has 0 fully saturated rings. The third-order valence-corrected chi connectivity index (χ3v) is 3.44. The van der Waals surface area contributed by atoms with E-state index < -0.39 is 5.91 Å². The van der Waals surface area contributed by atoms with Gasteiger partial charge in [0.15, 0.2) is 0 Å². The summed E-state index contributed by atoms with van der Waals surface area (Å²) in [6, 6.07) is 14.3. The summed E-state index contributed by atoms with van der Waals surface area (Å²) >= 11 is 5.88. The summed E-state index contributed by atoms with van der Waals surface area (Å²) < 4.78 is 5.10. The van der Waals surface area contributed by atoms with E-state index in [1.807, 2.05) is 30.3 Å². The number of amides is 2. The largest absolute Gasteiger partial charge is 0.496 e. The molecule has 5 nitrogen and oxygen atoms in total. The van der Waals surface area contributed by atoms with Crippen LogP contribution in [-0.4, -0.2) is 18.9 Å². The first-order valence-electron chi connectivity index (χ1n) is 7.07. The summed E-state index contributed by atoms with van der Waals surface area (Å²) in [4.78, 5) is 23.9. The van der Waals surface area contributed by atoms with Crippen LogP contribution in [0.15, 0.2) is 48.5 Å². The number of hydrogen-bond acceptors (Lipinski definition) is 3. The zero-order valence-electron chi connectivity index (χ0n) is 12.6. The van der Waals surface area contributed by atoms with Crippen LogP contribution in [0.3, 0.4) is 0 Å². The molecule has 2 N–H and O–H groups in total. The molecule has 0 unspecified atom stereocenters. The van der Waals surface area contributed by atoms with Crippen LogP contribution in [0.25, 0.3) is 0 Å². The zero-order valence-corrected chi connectivity index (χ0v) is 13.4. The highest BCUT2D eigenvalue weighted by molar-refractivity contribution is 6.31. The first-order valence-corrected chi connectivity index (χ1v) is 7.44. The predicted molar refractivity (Wildman–Crippen MR) is 88.4 cm³/mol. The van der Waals surface area contributed by atoms with Crippen molar-refractivity contribution in [2.75, 3.05) is 7.11 Å². The van der Waals surface area contributed by atoms with Crippen LogP contribution in [0.1, 0.15) is 22.3 Å². The van der Waals surface area contributed by atoms with Crippen molar-refractivity contribution >= 4 is 23.4 Å². The van der Waals surface area contributed by atoms with Gasteiger partial charge in [-0.3, -0.25) is 20.4 Å². The molecule has 0 saturated carbocycles. The number of hydrogen-bond donors (Lipinski definition) is 2. The molecule has 23 heavy (non-hydrogen) atoms. The number of carbonyl (C=O) groups excluding carboxylic acids is 2. The number of ether oxygens (including phenoxy) is 1. The van der Waals surface area contributed by atoms with E-state index in [0.29, 0.717) is 17.2 Å². The molecule has 0 atom stereocenters. The van der Waals surface area contributed by atoms with E-state index in [1.165, 1.54) is 13.2 Å². The van der Waals surface area contributed by atoms with Gasteiger partial charge in [0.2, 0.25) is 5.91 Å². The fraction of sp³-hybridized carbons (Fsp3) is 0.176. The molecule has 0 aliphatic carbocycles. The number of aryl methyl sites for hydroxylation is 1. The average molecular weight is 333 g/mol. The van der Waals surface area contributed by atoms with Crippen LogP contribution in [0, 0.1) is 0 Å². The Morgan fingerprint density at radius 2 is 1.83 bits per heavy atom. The Hall–Kier alpha value is -2.53. The number of rotatable bonds is 5. The SMILES string of the molecule is COc1ccc(Cl)cc1C(=O)NNC(=O)CCc1ccccc1. The van der Waals surface area contributed by atoms with Crippen LogP contribution < -0.4 is 15.6 Å². The summed E-state index contributed by atoms with van der Waals surface area (Å²) in [5.74, 6) is -0.383. The van der Waals surface area contributed by atoms with E-state index in [1.54, 1.807) is 12.1 Å². The van der Waals surface area contributed by atoms with Gasteiger partial charge >= 0.3 is 0 Å². The Kier molecular flexibility index (Phi) is 6.00. The normalized spacial score (nSPS) is 10.0. The monoisotopic (exact) mass is 332 g/mol. The highest BCUT2D eigenvalue weighted by Gasteiger charge is 2.13. The van der Waals surface area contributed by atoms with Gasteiger partial charge in [-0.05, 0) is 30.2 Å². The molecule has 0 spiro atoms. The van der Waals surface area contributed by atoms with Crippen LogP contribution in [0.5, 0.6) is 5.75 Å². The molecule has 6 heteroatoms. The second kappa shape index (κ2) is 8.19. The van der Waals surface area contributed by atoms with Crippen molar-refractivity contribution in [3.8, 4) is 5.75 Å². The molecule has 0 bridgehead atoms. The van der Waals surface area contributed by atoms with Crippen LogP contribution in [-0.2, 0) is 11.2 Å². The maximum atomic E-state index is 12.1. The number of nitrogens with one attached hydrogen (secondary N) is 2. The van der Waals surface area contributed by atoms with Gasteiger partial charge in [-0.1, -0.05) is 41.9 Å². The highest BCUT2D eigenvalue weighted by atomic mass is 35.5. The fourth-order valence-electron chi connectivity index (χ4n) is 2.02. The van der Waals surface area contributed by atoms with Crippen molar-refractivity contribution in [3.63, 3.8) is 0 Å². The lowest BCUT2D eigenvalue weighted by atomic mass is 10.1. The van der Waals surface area contributed by atoms with Crippen LogP contribution in [0.4, 0.5) is 0 Å². The van der Waals surface area contributed by atoms with E-state index in [-0.39, 0.29) is 17.9 Å². The van der Waals surface area contributed by atoms with Gasteiger partial charge in [-0.25, -0.2) is 0 Å². The van der Waals surface area contributed by atoms with E-state index in [2.05, 4.69) is 10.9 Å². The molecule has 2 rings (SSSR count). The van der Waals surface area contributed by atoms with Crippen LogP contribution in [0.2, 0.25) is 5.02 Å². The number of methoxy groups -OCH3 is 1. The summed E-state index contributed by atoms with van der Waals surface area (Å²) in [6.45, 7) is 0. The lowest BCUT2D eigenvalue weighted by Crippen LogP contribution is -2.41. The molecule has 0 aliphatic rings. The molecule has 0 saturated heterocycles. The van der Waals surface area contributed by atoms with Crippen molar-refractivity contribution in [1.82, 2.24) is 10.9 Å². The maximum absolute atomic E-state index is 12.1. The van der Waals surface area contributed by atoms with Crippen molar-refractivity contribution in [3.05, 3.63) is 64.7 Å². The van der Waals surface area contributed by atoms with Gasteiger partial charge < -0.3 is 4.74 Å². The first-order chi connectivity index (χ1) is 11.1. The molecule has 2 aromatic carbocycles. The van der Waals surface area contributed by atoms with Gasteiger partial charge in [0.1, 0.15) is 5.75 Å². The second-order valence-electron chi connectivity index (χ2n) is 4.83. The minimum atomic E-state index is -0.489. The first kappa shape index (κ1) is 16.8. The average Bonchev–Trinajstić information content (AvgIpc) is 2.58. The second-order valence-corrected chi connectivity index (χ2v) is 5.27. The van der Waals surface area contributed by atoms with Crippen molar-refractivity contribution < 1.29 is 14.3 Å². The number of halogens is 1. The lowest BCUT2D eigenvalue weighted by Gasteiger charge is -2.10. The number of hydrazine groups is 1. The Morgan fingerprint density at radius 1 is 1.09 bits per heavy atom. The Bertz CT molecular complexity index is 689. The van der Waals surface area contributed by atoms with E-state index >= 15 is 0 Å². The standard InChI is InChI=1S/C17H17ClN2O3/c1-23-15-9-8-13(18)11-14(15)17(22)20-19-16(21)10-7-12-5-3-2-4-6-12/h2-6,8-9,11H,7,10H2,1H3,(H,19,21)(H,20,22). The van der Waals surface area contributed by atoms with E-state index in [9.17, 15) is 9.59 Å². The van der Waals surface area contributed by atoms with Gasteiger partial charge in [-0.15, -0.1) is 0 Å². The molecular weight excluding hydrogens is 316 g/mol. The third kappa shape index (κ3) is 5.00. The predicted octanol–water partition coefficient (Wildman–Crippen LogP) is 2.74. The Labute approximate surface area is 139 Å². The summed E-state index contributed by atoms with van der Waals surface area (Å²) in [5, 5.41) is 0.409. The van der Waals surface area contributed by atoms with Gasteiger partial charge in [0, 0.05) is 11.4 Å². The van der Waals surface area contributed by atoms with Crippen molar-refractivity contribution in [2.24, 2.45) is 0 Å². The quantitative estimate of drug-likeness (QED) is 0.827. The molecule has 0 aliphatic heterocycles. The third-order valence-electron chi connectivity index (χ3n) is 3.21. The lowest BCUT2D eigenvalue weighted by molar-refractivity contribution is -0.121. The minimum Gasteiger partial charge on any atom is -0.496 e. The molecule has 0 heterocycles. The molecule has 0 aromatic heterocycles. The van der Waals surface area contributed by atoms with Gasteiger partial charge in [0.05, 0.1) is 12.7 Å². The molecule has 120 valence electrons. The number of carbonyl (C=O) groups is 2. The molecule has 0 radical (unpaired) electrons. The maximum Gasteiger partial charge on any atom is 0.273 e. The number of benzene rings is 2.